The Kier molecular flexibility index (Phi) is 6.51. The topological polar surface area (TPSA) is 18.5 Å². The molecule has 0 fully saturated rings. The highest BCUT2D eigenvalue weighted by Crippen LogP contribution is 2.43. The summed E-state index contributed by atoms with van der Waals surface area (Å²) in [4.78, 5) is 0. The molecule has 0 bridgehead atoms. The average Bonchev–Trinajstić information content (AvgIpc) is 2.56. The van der Waals surface area contributed by atoms with Crippen molar-refractivity contribution in [2.45, 2.75) is 84.7 Å². The van der Waals surface area contributed by atoms with Gasteiger partial charge in [-0.15, -0.1) is 0 Å². The van der Waals surface area contributed by atoms with E-state index in [-0.39, 0.29) is 10.1 Å². The monoisotopic (exact) mass is 428 g/mol. The Hall–Kier alpha value is -1.53. The third-order valence-electron chi connectivity index (χ3n) is 6.77. The normalized spacial score (nSPS) is 13.3. The van der Waals surface area contributed by atoms with Crippen LogP contribution in [0.1, 0.15) is 47.1 Å². The highest BCUT2D eigenvalue weighted by Gasteiger charge is 2.41. The van der Waals surface area contributed by atoms with Gasteiger partial charge in [0, 0.05) is 6.07 Å². The molecule has 0 aliphatic rings. The molecule has 2 aromatic carbocycles. The lowest BCUT2D eigenvalue weighted by Crippen LogP contribution is -2.44. The van der Waals surface area contributed by atoms with Crippen molar-refractivity contribution < 1.29 is 8.85 Å². The lowest BCUT2D eigenvalue weighted by Gasteiger charge is -2.38. The van der Waals surface area contributed by atoms with E-state index in [4.69, 9.17) is 8.85 Å². The van der Waals surface area contributed by atoms with Gasteiger partial charge < -0.3 is 8.85 Å². The molecule has 0 aromatic heterocycles. The molecular weight excluding hydrogens is 388 g/mol. The molecule has 0 aliphatic carbocycles. The van der Waals surface area contributed by atoms with Crippen molar-refractivity contribution in [1.29, 1.82) is 0 Å². The van der Waals surface area contributed by atoms with E-state index in [1.165, 1.54) is 16.7 Å². The first-order valence-electron chi connectivity index (χ1n) is 10.6. The molecule has 2 aromatic rings. The summed E-state index contributed by atoms with van der Waals surface area (Å²) in [6.07, 6.45) is 0. The van der Waals surface area contributed by atoms with E-state index >= 15 is 0 Å². The molecule has 29 heavy (non-hydrogen) atoms. The van der Waals surface area contributed by atoms with Crippen molar-refractivity contribution in [3.63, 3.8) is 0 Å². The summed E-state index contributed by atoms with van der Waals surface area (Å²) in [6, 6.07) is 14.9. The summed E-state index contributed by atoms with van der Waals surface area (Å²) >= 11 is 0. The number of rotatable bonds is 5. The Morgan fingerprint density at radius 1 is 0.690 bits per heavy atom. The van der Waals surface area contributed by atoms with Crippen LogP contribution in [0.3, 0.4) is 0 Å². The lowest BCUT2D eigenvalue weighted by atomic mass is 9.99. The second kappa shape index (κ2) is 7.95. The van der Waals surface area contributed by atoms with E-state index in [0.29, 0.717) is 0 Å². The van der Waals surface area contributed by atoms with Gasteiger partial charge in [-0.05, 0) is 65.9 Å². The highest BCUT2D eigenvalue weighted by atomic mass is 28.4. The van der Waals surface area contributed by atoms with Crippen molar-refractivity contribution in [1.82, 2.24) is 0 Å². The van der Waals surface area contributed by atoms with Gasteiger partial charge in [-0.1, -0.05) is 71.9 Å². The van der Waals surface area contributed by atoms with Crippen molar-refractivity contribution in [2.75, 3.05) is 0 Å². The SMILES string of the molecule is Cc1c(O[Si](C)(C)C(C)(C)C)cc(O[Si](C)(C)C(C)(C)C)cc1-c1ccccc1. The third kappa shape index (κ3) is 5.34. The zero-order chi connectivity index (χ0) is 22.3. The van der Waals surface area contributed by atoms with Gasteiger partial charge in [0.15, 0.2) is 0 Å². The van der Waals surface area contributed by atoms with E-state index < -0.39 is 16.6 Å². The predicted molar refractivity (Wildman–Crippen MR) is 132 cm³/mol. The van der Waals surface area contributed by atoms with E-state index in [1.807, 2.05) is 0 Å². The fourth-order valence-corrected chi connectivity index (χ4v) is 4.70. The lowest BCUT2D eigenvalue weighted by molar-refractivity contribution is 0.473. The Balaban J connectivity index is 2.61. The Morgan fingerprint density at radius 2 is 1.17 bits per heavy atom. The molecule has 0 aliphatic heterocycles. The molecule has 4 heteroatoms. The maximum Gasteiger partial charge on any atom is 0.250 e. The molecule has 0 radical (unpaired) electrons. The van der Waals surface area contributed by atoms with E-state index in [0.717, 1.165) is 11.5 Å². The molecular formula is C25H40O2Si2. The highest BCUT2D eigenvalue weighted by molar-refractivity contribution is 6.75. The van der Waals surface area contributed by atoms with Gasteiger partial charge in [0.25, 0.3) is 0 Å². The summed E-state index contributed by atoms with van der Waals surface area (Å²) in [7, 11) is -3.91. The quantitative estimate of drug-likeness (QED) is 0.445. The first-order valence-corrected chi connectivity index (χ1v) is 16.4. The van der Waals surface area contributed by atoms with Crippen LogP contribution in [-0.2, 0) is 0 Å². The van der Waals surface area contributed by atoms with Crippen LogP contribution in [0.15, 0.2) is 42.5 Å². The fraction of sp³-hybridized carbons (Fsp3) is 0.520. The zero-order valence-electron chi connectivity index (χ0n) is 20.4. The Bertz CT molecular complexity index is 842. The van der Waals surface area contributed by atoms with Gasteiger partial charge in [-0.25, -0.2) is 0 Å². The molecule has 0 saturated carbocycles. The minimum atomic E-state index is -1.96. The van der Waals surface area contributed by atoms with E-state index in [1.54, 1.807) is 0 Å². The average molecular weight is 429 g/mol. The van der Waals surface area contributed by atoms with E-state index in [9.17, 15) is 0 Å². The minimum absolute atomic E-state index is 0.142. The first kappa shape index (κ1) is 23.7. The van der Waals surface area contributed by atoms with Crippen LogP contribution in [0.25, 0.3) is 11.1 Å². The summed E-state index contributed by atoms with van der Waals surface area (Å²) in [6.45, 7) is 25.0. The zero-order valence-corrected chi connectivity index (χ0v) is 22.4. The Morgan fingerprint density at radius 3 is 1.66 bits per heavy atom. The molecule has 0 saturated heterocycles. The van der Waals surface area contributed by atoms with Crippen molar-refractivity contribution in [2.24, 2.45) is 0 Å². The maximum atomic E-state index is 6.77. The molecule has 0 amide bonds. The number of hydrogen-bond donors (Lipinski definition) is 0. The molecule has 0 spiro atoms. The van der Waals surface area contributed by atoms with E-state index in [2.05, 4.69) is 117 Å². The van der Waals surface area contributed by atoms with Gasteiger partial charge >= 0.3 is 0 Å². The molecule has 2 rings (SSSR count). The largest absolute Gasteiger partial charge is 0.543 e. The van der Waals surface area contributed by atoms with Gasteiger partial charge in [-0.2, -0.15) is 0 Å². The summed E-state index contributed by atoms with van der Waals surface area (Å²) in [5.74, 6) is 1.89. The van der Waals surface area contributed by atoms with Crippen LogP contribution < -0.4 is 8.85 Å². The third-order valence-corrected chi connectivity index (χ3v) is 15.5. The standard InChI is InChI=1S/C25H40O2Si2/c1-19-22(20-15-13-12-14-16-20)17-21(26-28(8,9)24(2,3)4)18-23(19)27-29(10,11)25(5,6)7/h12-18H,1-11H3. The Labute approximate surface area is 180 Å². The van der Waals surface area contributed by atoms with Crippen LogP contribution in [0, 0.1) is 6.92 Å². The van der Waals surface area contributed by atoms with Crippen molar-refractivity contribution in [3.8, 4) is 22.6 Å². The molecule has 0 atom stereocenters. The van der Waals surface area contributed by atoms with Crippen LogP contribution in [0.5, 0.6) is 11.5 Å². The summed E-state index contributed by atoms with van der Waals surface area (Å²) < 4.78 is 13.5. The fourth-order valence-electron chi connectivity index (χ4n) is 2.62. The smallest absolute Gasteiger partial charge is 0.250 e. The van der Waals surface area contributed by atoms with Crippen LogP contribution >= 0.6 is 0 Å². The van der Waals surface area contributed by atoms with Gasteiger partial charge in [0.05, 0.1) is 0 Å². The van der Waals surface area contributed by atoms with Crippen molar-refractivity contribution in [3.05, 3.63) is 48.0 Å². The van der Waals surface area contributed by atoms with Crippen LogP contribution in [-0.4, -0.2) is 16.6 Å². The number of benzene rings is 2. The van der Waals surface area contributed by atoms with Gasteiger partial charge in [0.1, 0.15) is 11.5 Å². The van der Waals surface area contributed by atoms with Gasteiger partial charge in [-0.3, -0.25) is 0 Å². The maximum absolute atomic E-state index is 6.77. The molecule has 2 nitrogen and oxygen atoms in total. The van der Waals surface area contributed by atoms with Crippen molar-refractivity contribution >= 4 is 16.6 Å². The van der Waals surface area contributed by atoms with Crippen LogP contribution in [0.2, 0.25) is 36.3 Å². The second-order valence-corrected chi connectivity index (χ2v) is 20.6. The first-order chi connectivity index (χ1) is 13.1. The molecule has 0 heterocycles. The molecule has 0 N–H and O–H groups in total. The minimum Gasteiger partial charge on any atom is -0.543 e. The number of hydrogen-bond acceptors (Lipinski definition) is 2. The molecule has 160 valence electrons. The molecule has 0 unspecified atom stereocenters. The summed E-state index contributed by atoms with van der Waals surface area (Å²) in [5, 5.41) is 0.286. The second-order valence-electron chi connectivity index (χ2n) is 11.2. The van der Waals surface area contributed by atoms with Gasteiger partial charge in [0.2, 0.25) is 16.6 Å². The summed E-state index contributed by atoms with van der Waals surface area (Å²) in [5.41, 5.74) is 3.57. The predicted octanol–water partition coefficient (Wildman–Crippen LogP) is 8.43. The van der Waals surface area contributed by atoms with Crippen LogP contribution in [0.4, 0.5) is 0 Å².